The molecule has 6 nitrogen and oxygen atoms in total. The van der Waals surface area contributed by atoms with E-state index in [4.69, 9.17) is 16.3 Å². The zero-order chi connectivity index (χ0) is 21.9. The highest BCUT2D eigenvalue weighted by Crippen LogP contribution is 2.43. The average molecular weight is 445 g/mol. The molecule has 2 atom stereocenters. The Morgan fingerprint density at radius 3 is 2.90 bits per heavy atom. The van der Waals surface area contributed by atoms with Gasteiger partial charge in [0.05, 0.1) is 22.7 Å². The number of aromatic nitrogens is 3. The van der Waals surface area contributed by atoms with Crippen LogP contribution in [0.5, 0.6) is 0 Å². The minimum absolute atomic E-state index is 0.151. The zero-order valence-electron chi connectivity index (χ0n) is 17.9. The van der Waals surface area contributed by atoms with Crippen molar-refractivity contribution in [2.45, 2.75) is 57.7 Å². The van der Waals surface area contributed by atoms with E-state index < -0.39 is 11.6 Å². The number of anilines is 1. The van der Waals surface area contributed by atoms with Crippen LogP contribution in [0, 0.1) is 12.7 Å². The molecule has 0 aliphatic carbocycles. The number of aliphatic hydroxyl groups excluding tert-OH is 1. The van der Waals surface area contributed by atoms with Crippen LogP contribution in [0.25, 0.3) is 22.2 Å². The molecule has 0 bridgehead atoms. The number of fused-ring (bicyclic) bond motifs is 2. The fraction of sp³-hybridized carbons (Fsp3) is 0.478. The molecular weight excluding hydrogens is 419 g/mol. The SMILES string of the molecule is Cc1nc2c(F)cc(-c3c(Cl)cnc4c3CC[C@]3(CCOC[C@H]3O)N4)cc2n1C(C)C. The van der Waals surface area contributed by atoms with Gasteiger partial charge in [-0.1, -0.05) is 11.6 Å². The van der Waals surface area contributed by atoms with E-state index in [1.54, 1.807) is 6.20 Å². The Balaban J connectivity index is 1.66. The molecule has 0 saturated carbocycles. The van der Waals surface area contributed by atoms with Crippen LogP contribution in [0.15, 0.2) is 18.3 Å². The number of hydrogen-bond acceptors (Lipinski definition) is 5. The first-order chi connectivity index (χ1) is 14.8. The number of rotatable bonds is 2. The Kier molecular flexibility index (Phi) is 4.95. The lowest BCUT2D eigenvalue weighted by atomic mass is 9.78. The number of imidazole rings is 1. The topological polar surface area (TPSA) is 72.2 Å². The van der Waals surface area contributed by atoms with E-state index in [9.17, 15) is 5.11 Å². The summed E-state index contributed by atoms with van der Waals surface area (Å²) in [5.41, 5.74) is 3.11. The molecule has 0 unspecified atom stereocenters. The third kappa shape index (κ3) is 3.22. The van der Waals surface area contributed by atoms with Crippen LogP contribution in [0.1, 0.15) is 44.1 Å². The first-order valence-electron chi connectivity index (χ1n) is 10.7. The Morgan fingerprint density at radius 2 is 2.16 bits per heavy atom. The third-order valence-corrected chi connectivity index (χ3v) is 6.94. The van der Waals surface area contributed by atoms with Gasteiger partial charge < -0.3 is 19.7 Å². The van der Waals surface area contributed by atoms with Gasteiger partial charge in [0.25, 0.3) is 0 Å². The van der Waals surface area contributed by atoms with E-state index in [-0.39, 0.29) is 11.9 Å². The maximum Gasteiger partial charge on any atom is 0.151 e. The van der Waals surface area contributed by atoms with Gasteiger partial charge in [-0.25, -0.2) is 14.4 Å². The molecule has 1 aromatic carbocycles. The van der Waals surface area contributed by atoms with Crippen molar-refractivity contribution in [1.82, 2.24) is 14.5 Å². The lowest BCUT2D eigenvalue weighted by Crippen LogP contribution is -2.57. The van der Waals surface area contributed by atoms with Crippen LogP contribution >= 0.6 is 11.6 Å². The number of ether oxygens (including phenoxy) is 1. The number of nitrogens with zero attached hydrogens (tertiary/aromatic N) is 3. The highest BCUT2D eigenvalue weighted by molar-refractivity contribution is 6.33. The minimum atomic E-state index is -0.604. The first-order valence-corrected chi connectivity index (χ1v) is 11.1. The van der Waals surface area contributed by atoms with E-state index in [1.807, 2.05) is 17.6 Å². The van der Waals surface area contributed by atoms with Gasteiger partial charge in [-0.05, 0) is 57.7 Å². The lowest BCUT2D eigenvalue weighted by molar-refractivity contribution is -0.0531. The van der Waals surface area contributed by atoms with Crippen molar-refractivity contribution in [2.24, 2.45) is 0 Å². The summed E-state index contributed by atoms with van der Waals surface area (Å²) in [5, 5.41) is 14.5. The minimum Gasteiger partial charge on any atom is -0.388 e. The van der Waals surface area contributed by atoms with Gasteiger partial charge in [0.15, 0.2) is 5.82 Å². The Labute approximate surface area is 185 Å². The molecule has 164 valence electrons. The Bertz CT molecular complexity index is 1180. The largest absolute Gasteiger partial charge is 0.388 e. The summed E-state index contributed by atoms with van der Waals surface area (Å²) >= 11 is 6.61. The molecule has 0 radical (unpaired) electrons. The van der Waals surface area contributed by atoms with Gasteiger partial charge in [0.1, 0.15) is 23.3 Å². The van der Waals surface area contributed by atoms with Gasteiger partial charge in [0, 0.05) is 30.0 Å². The van der Waals surface area contributed by atoms with Crippen LogP contribution in [-0.4, -0.2) is 44.5 Å². The van der Waals surface area contributed by atoms with Crippen molar-refractivity contribution >= 4 is 28.5 Å². The van der Waals surface area contributed by atoms with E-state index in [0.717, 1.165) is 28.9 Å². The number of pyridine rings is 1. The predicted molar refractivity (Wildman–Crippen MR) is 119 cm³/mol. The van der Waals surface area contributed by atoms with Crippen molar-refractivity contribution in [3.63, 3.8) is 0 Å². The number of nitrogens with one attached hydrogen (secondary N) is 1. The summed E-state index contributed by atoms with van der Waals surface area (Å²) in [6.45, 7) is 6.91. The van der Waals surface area contributed by atoms with Gasteiger partial charge >= 0.3 is 0 Å². The summed E-state index contributed by atoms with van der Waals surface area (Å²) in [7, 11) is 0. The summed E-state index contributed by atoms with van der Waals surface area (Å²) in [5.74, 6) is 1.11. The Morgan fingerprint density at radius 1 is 1.35 bits per heavy atom. The highest BCUT2D eigenvalue weighted by atomic mass is 35.5. The van der Waals surface area contributed by atoms with Gasteiger partial charge in [-0.15, -0.1) is 0 Å². The molecule has 1 fully saturated rings. The number of benzene rings is 1. The van der Waals surface area contributed by atoms with Crippen molar-refractivity contribution in [2.75, 3.05) is 18.5 Å². The fourth-order valence-electron chi connectivity index (χ4n) is 5.11. The molecule has 31 heavy (non-hydrogen) atoms. The average Bonchev–Trinajstić information content (AvgIpc) is 3.07. The monoisotopic (exact) mass is 444 g/mol. The van der Waals surface area contributed by atoms with Crippen LogP contribution in [-0.2, 0) is 11.2 Å². The van der Waals surface area contributed by atoms with Gasteiger partial charge in [-0.3, -0.25) is 0 Å². The quantitative estimate of drug-likeness (QED) is 0.601. The second-order valence-electron chi connectivity index (χ2n) is 8.88. The number of halogens is 2. The van der Waals surface area contributed by atoms with E-state index >= 15 is 4.39 Å². The maximum absolute atomic E-state index is 15.1. The smallest absolute Gasteiger partial charge is 0.151 e. The third-order valence-electron chi connectivity index (χ3n) is 6.66. The predicted octanol–water partition coefficient (Wildman–Crippen LogP) is 4.66. The van der Waals surface area contributed by atoms with Gasteiger partial charge in [-0.2, -0.15) is 0 Å². The number of aliphatic hydroxyl groups is 1. The van der Waals surface area contributed by atoms with Crippen molar-refractivity contribution in [1.29, 1.82) is 0 Å². The van der Waals surface area contributed by atoms with Crippen LogP contribution < -0.4 is 5.32 Å². The van der Waals surface area contributed by atoms with Crippen LogP contribution in [0.3, 0.4) is 0 Å². The molecule has 2 aliphatic heterocycles. The standard InChI is InChI=1S/C23H26ClFN4O2/c1-12(2)29-13(3)27-21-17(25)8-14(9-18(21)29)20-15-4-5-23(6-7-31-11-19(23)30)28-22(15)26-10-16(20)24/h8-10,12,19,30H,4-7,11H2,1-3H3,(H,26,28)/t19-,23-/m1/s1. The molecular formula is C23H26ClFN4O2. The highest BCUT2D eigenvalue weighted by Gasteiger charge is 2.43. The summed E-state index contributed by atoms with van der Waals surface area (Å²) in [6, 6.07) is 3.63. The lowest BCUT2D eigenvalue weighted by Gasteiger charge is -2.45. The van der Waals surface area contributed by atoms with E-state index in [0.29, 0.717) is 48.0 Å². The molecule has 2 aromatic heterocycles. The molecule has 2 aliphatic rings. The molecule has 0 amide bonds. The van der Waals surface area contributed by atoms with E-state index in [1.165, 1.54) is 6.07 Å². The van der Waals surface area contributed by atoms with Crippen LogP contribution in [0.2, 0.25) is 5.02 Å². The molecule has 4 heterocycles. The molecule has 1 spiro atoms. The number of aryl methyl sites for hydroxylation is 1. The Hall–Kier alpha value is -2.22. The van der Waals surface area contributed by atoms with Crippen molar-refractivity contribution in [3.8, 4) is 11.1 Å². The molecule has 8 heteroatoms. The number of hydrogen-bond donors (Lipinski definition) is 2. The molecule has 3 aromatic rings. The molecule has 5 rings (SSSR count). The van der Waals surface area contributed by atoms with E-state index in [2.05, 4.69) is 29.1 Å². The second kappa shape index (κ2) is 7.43. The fourth-order valence-corrected chi connectivity index (χ4v) is 5.39. The zero-order valence-corrected chi connectivity index (χ0v) is 18.6. The molecule has 2 N–H and O–H groups in total. The summed E-state index contributed by atoms with van der Waals surface area (Å²) < 4.78 is 22.5. The summed E-state index contributed by atoms with van der Waals surface area (Å²) in [6.07, 6.45) is 3.12. The normalized spacial score (nSPS) is 23.4. The van der Waals surface area contributed by atoms with Crippen LogP contribution in [0.4, 0.5) is 10.2 Å². The maximum atomic E-state index is 15.1. The first kappa shape index (κ1) is 20.7. The van der Waals surface area contributed by atoms with Gasteiger partial charge in [0.2, 0.25) is 0 Å². The van der Waals surface area contributed by atoms with Crippen molar-refractivity contribution in [3.05, 3.63) is 40.6 Å². The summed E-state index contributed by atoms with van der Waals surface area (Å²) in [4.78, 5) is 8.95. The molecule has 1 saturated heterocycles. The van der Waals surface area contributed by atoms with Crippen molar-refractivity contribution < 1.29 is 14.2 Å². The second-order valence-corrected chi connectivity index (χ2v) is 9.29.